The Balaban J connectivity index is 1.91. The van der Waals surface area contributed by atoms with E-state index >= 15 is 0 Å². The minimum Gasteiger partial charge on any atom is -0.346 e. The van der Waals surface area contributed by atoms with Crippen LogP contribution in [-0.2, 0) is 0 Å². The van der Waals surface area contributed by atoms with E-state index in [2.05, 4.69) is 38.1 Å². The molecule has 0 aliphatic heterocycles. The zero-order chi connectivity index (χ0) is 9.80. The molecule has 2 rings (SSSR count). The molecule has 74 valence electrons. The minimum absolute atomic E-state index is 0.0968. The zero-order valence-corrected chi connectivity index (χ0v) is 7.60. The van der Waals surface area contributed by atoms with Crippen LogP contribution in [0, 0.1) is 0 Å². The van der Waals surface area contributed by atoms with Crippen LogP contribution in [0.2, 0.25) is 0 Å². The van der Waals surface area contributed by atoms with E-state index in [4.69, 9.17) is 0 Å². The lowest BCUT2D eigenvalue weighted by Gasteiger charge is -2.17. The first-order chi connectivity index (χ1) is 6.86. The number of nitrogens with one attached hydrogen (secondary N) is 2. The minimum atomic E-state index is -0.265. The summed E-state index contributed by atoms with van der Waals surface area (Å²) in [5.74, 6) is -0.168. The van der Waals surface area contributed by atoms with Gasteiger partial charge in [0.25, 0.3) is 11.7 Å². The fourth-order valence-corrected chi connectivity index (χ4v) is 1.43. The van der Waals surface area contributed by atoms with E-state index < -0.39 is 0 Å². The molecule has 1 aromatic rings. The van der Waals surface area contributed by atoms with Gasteiger partial charge in [-0.2, -0.15) is 5.21 Å². The van der Waals surface area contributed by atoms with Crippen LogP contribution < -0.4 is 5.32 Å². The van der Waals surface area contributed by atoms with Crippen LogP contribution in [0.3, 0.4) is 0 Å². The van der Waals surface area contributed by atoms with E-state index in [1.54, 1.807) is 0 Å². The zero-order valence-electron chi connectivity index (χ0n) is 7.60. The quantitative estimate of drug-likeness (QED) is 0.649. The highest BCUT2D eigenvalue weighted by atomic mass is 16.2. The molecule has 0 radical (unpaired) electrons. The summed E-state index contributed by atoms with van der Waals surface area (Å²) in [6.45, 7) is 0. The van der Waals surface area contributed by atoms with Crippen molar-refractivity contribution >= 4 is 5.91 Å². The third-order valence-electron chi connectivity index (χ3n) is 2.15. The summed E-state index contributed by atoms with van der Waals surface area (Å²) in [4.78, 5) is 11.5. The second-order valence-corrected chi connectivity index (χ2v) is 3.19. The summed E-state index contributed by atoms with van der Waals surface area (Å²) in [5.41, 5.74) is 0. The van der Waals surface area contributed by atoms with Crippen molar-refractivity contribution in [2.45, 2.75) is 25.3 Å². The molecule has 0 aromatic carbocycles. The highest BCUT2D eigenvalue weighted by Crippen LogP contribution is 2.10. The number of H-pyrrole nitrogens is 1. The van der Waals surface area contributed by atoms with Crippen molar-refractivity contribution in [3.05, 3.63) is 18.0 Å². The normalized spacial score (nSPS) is 20.7. The number of aromatic nitrogens is 4. The Morgan fingerprint density at radius 3 is 3.14 bits per heavy atom. The molecule has 1 heterocycles. The maximum absolute atomic E-state index is 11.5. The number of carbonyl (C=O) groups excluding carboxylic acids is 1. The van der Waals surface area contributed by atoms with Gasteiger partial charge in [-0.3, -0.25) is 4.79 Å². The van der Waals surface area contributed by atoms with E-state index in [-0.39, 0.29) is 17.8 Å². The molecule has 1 unspecified atom stereocenters. The number of tetrazole rings is 1. The third-order valence-corrected chi connectivity index (χ3v) is 2.15. The van der Waals surface area contributed by atoms with Gasteiger partial charge in [-0.25, -0.2) is 0 Å². The monoisotopic (exact) mass is 193 g/mol. The highest BCUT2D eigenvalue weighted by Gasteiger charge is 2.16. The largest absolute Gasteiger partial charge is 0.346 e. The Morgan fingerprint density at radius 2 is 2.50 bits per heavy atom. The molecule has 1 aliphatic carbocycles. The van der Waals surface area contributed by atoms with E-state index in [9.17, 15) is 4.79 Å². The van der Waals surface area contributed by atoms with Gasteiger partial charge in [0.1, 0.15) is 0 Å². The first-order valence-electron chi connectivity index (χ1n) is 4.55. The van der Waals surface area contributed by atoms with E-state index in [0.29, 0.717) is 0 Å². The molecule has 0 saturated carbocycles. The maximum atomic E-state index is 11.5. The topological polar surface area (TPSA) is 83.6 Å². The van der Waals surface area contributed by atoms with Crippen LogP contribution in [-0.4, -0.2) is 32.6 Å². The van der Waals surface area contributed by atoms with Gasteiger partial charge in [-0.15, -0.1) is 10.2 Å². The number of aromatic amines is 1. The molecular formula is C8H11N5O. The predicted molar refractivity (Wildman–Crippen MR) is 48.4 cm³/mol. The molecule has 0 bridgehead atoms. The standard InChI is InChI=1S/C8H11N5O/c14-8(7-10-12-13-11-7)9-6-4-2-1-3-5-6/h1-2,6H,3-5H2,(H,9,14)(H,10,11,12,13). The number of hydrogen-bond donors (Lipinski definition) is 2. The first kappa shape index (κ1) is 8.86. The van der Waals surface area contributed by atoms with Crippen LogP contribution in [0.1, 0.15) is 29.9 Å². The van der Waals surface area contributed by atoms with Crippen molar-refractivity contribution < 1.29 is 4.79 Å². The summed E-state index contributed by atoms with van der Waals surface area (Å²) in [6.07, 6.45) is 7.06. The molecule has 0 spiro atoms. The second-order valence-electron chi connectivity index (χ2n) is 3.19. The summed E-state index contributed by atoms with van der Waals surface area (Å²) in [5, 5.41) is 15.6. The van der Waals surface area contributed by atoms with Crippen LogP contribution >= 0.6 is 0 Å². The molecular weight excluding hydrogens is 182 g/mol. The fourth-order valence-electron chi connectivity index (χ4n) is 1.43. The van der Waals surface area contributed by atoms with Crippen molar-refractivity contribution in [3.63, 3.8) is 0 Å². The summed E-state index contributed by atoms with van der Waals surface area (Å²) in [6, 6.07) is 0.200. The SMILES string of the molecule is O=C(NC1CC=CCC1)c1nn[nH]n1. The Labute approximate surface area is 80.8 Å². The van der Waals surface area contributed by atoms with Crippen molar-refractivity contribution in [1.82, 2.24) is 25.9 Å². The molecule has 6 nitrogen and oxygen atoms in total. The van der Waals surface area contributed by atoms with Crippen molar-refractivity contribution in [2.75, 3.05) is 0 Å². The molecule has 0 saturated heterocycles. The number of amides is 1. The summed E-state index contributed by atoms with van der Waals surface area (Å²) < 4.78 is 0. The van der Waals surface area contributed by atoms with Crippen LogP contribution in [0.25, 0.3) is 0 Å². The Morgan fingerprint density at radius 1 is 1.57 bits per heavy atom. The number of nitrogens with zero attached hydrogens (tertiary/aromatic N) is 3. The highest BCUT2D eigenvalue weighted by molar-refractivity contribution is 5.90. The molecule has 1 amide bonds. The number of carbonyl (C=O) groups is 1. The average Bonchev–Trinajstić information content (AvgIpc) is 2.72. The molecule has 0 fully saturated rings. The van der Waals surface area contributed by atoms with Gasteiger partial charge < -0.3 is 5.32 Å². The number of allylic oxidation sites excluding steroid dienone is 1. The smallest absolute Gasteiger partial charge is 0.293 e. The van der Waals surface area contributed by atoms with Gasteiger partial charge in [0.15, 0.2) is 0 Å². The van der Waals surface area contributed by atoms with Crippen LogP contribution in [0.4, 0.5) is 0 Å². The van der Waals surface area contributed by atoms with Crippen molar-refractivity contribution in [3.8, 4) is 0 Å². The molecule has 1 atom stereocenters. The van der Waals surface area contributed by atoms with Gasteiger partial charge in [0.05, 0.1) is 0 Å². The number of rotatable bonds is 2. The lowest BCUT2D eigenvalue weighted by atomic mass is 10.0. The van der Waals surface area contributed by atoms with Gasteiger partial charge in [0.2, 0.25) is 0 Å². The predicted octanol–water partition coefficient (Wildman–Crippen LogP) is 0.0382. The van der Waals surface area contributed by atoms with Crippen molar-refractivity contribution in [1.29, 1.82) is 0 Å². The van der Waals surface area contributed by atoms with Gasteiger partial charge >= 0.3 is 0 Å². The lowest BCUT2D eigenvalue weighted by Crippen LogP contribution is -2.35. The van der Waals surface area contributed by atoms with Crippen LogP contribution in [0.15, 0.2) is 12.2 Å². The molecule has 1 aliphatic rings. The molecule has 14 heavy (non-hydrogen) atoms. The first-order valence-corrected chi connectivity index (χ1v) is 4.55. The Hall–Kier alpha value is -1.72. The molecule has 1 aromatic heterocycles. The Kier molecular flexibility index (Phi) is 2.53. The summed E-state index contributed by atoms with van der Waals surface area (Å²) in [7, 11) is 0. The van der Waals surface area contributed by atoms with E-state index in [1.807, 2.05) is 0 Å². The second kappa shape index (κ2) is 3.99. The summed E-state index contributed by atoms with van der Waals surface area (Å²) >= 11 is 0. The van der Waals surface area contributed by atoms with Crippen LogP contribution in [0.5, 0.6) is 0 Å². The fraction of sp³-hybridized carbons (Fsp3) is 0.500. The maximum Gasteiger partial charge on any atom is 0.293 e. The van der Waals surface area contributed by atoms with Gasteiger partial charge in [-0.05, 0) is 24.5 Å². The molecule has 6 heteroatoms. The number of hydrogen-bond acceptors (Lipinski definition) is 4. The lowest BCUT2D eigenvalue weighted by molar-refractivity contribution is 0.0924. The third kappa shape index (κ3) is 1.95. The van der Waals surface area contributed by atoms with Gasteiger partial charge in [-0.1, -0.05) is 12.2 Å². The van der Waals surface area contributed by atoms with Crippen molar-refractivity contribution in [2.24, 2.45) is 0 Å². The Bertz CT molecular complexity index is 332. The van der Waals surface area contributed by atoms with Gasteiger partial charge in [0, 0.05) is 6.04 Å². The average molecular weight is 193 g/mol. The van der Waals surface area contributed by atoms with E-state index in [1.165, 1.54) is 0 Å². The van der Waals surface area contributed by atoms with E-state index in [0.717, 1.165) is 19.3 Å². The molecule has 2 N–H and O–H groups in total.